The fourth-order valence-electron chi connectivity index (χ4n) is 2.91. The summed E-state index contributed by atoms with van der Waals surface area (Å²) in [6, 6.07) is 8.63. The smallest absolute Gasteiger partial charge is 0.222 e. The molecule has 1 aromatic rings. The number of rotatable bonds is 4. The van der Waals surface area contributed by atoms with Crippen molar-refractivity contribution in [3.63, 3.8) is 0 Å². The van der Waals surface area contributed by atoms with Crippen LogP contribution in [0.15, 0.2) is 24.3 Å². The Hall–Kier alpha value is -1.35. The molecule has 110 valence electrons. The van der Waals surface area contributed by atoms with Gasteiger partial charge in [-0.2, -0.15) is 0 Å². The highest BCUT2D eigenvalue weighted by Gasteiger charge is 2.23. The summed E-state index contributed by atoms with van der Waals surface area (Å²) in [6.07, 6.45) is 2.85. The van der Waals surface area contributed by atoms with Gasteiger partial charge in [0.15, 0.2) is 0 Å². The summed E-state index contributed by atoms with van der Waals surface area (Å²) in [5, 5.41) is 3.36. The number of nitrogens with zero attached hydrogens (tertiary/aromatic N) is 1. The molecule has 0 spiro atoms. The van der Waals surface area contributed by atoms with Crippen LogP contribution in [-0.2, 0) is 4.79 Å². The van der Waals surface area contributed by atoms with Crippen LogP contribution in [0.25, 0.3) is 0 Å². The minimum atomic E-state index is 0.216. The van der Waals surface area contributed by atoms with E-state index in [0.29, 0.717) is 18.2 Å². The van der Waals surface area contributed by atoms with Gasteiger partial charge in [-0.1, -0.05) is 31.2 Å². The van der Waals surface area contributed by atoms with Gasteiger partial charge in [0.1, 0.15) is 0 Å². The summed E-state index contributed by atoms with van der Waals surface area (Å²) in [6.45, 7) is 6.04. The van der Waals surface area contributed by atoms with Crippen molar-refractivity contribution >= 4 is 5.91 Å². The standard InChI is InChI=1S/C17H26N2O/c1-13-8-9-17(20)19(11-10-13)12-16(18-3)15-7-5-4-6-14(15)2/h4-7,13,16,18H,8-12H2,1-3H3. The quantitative estimate of drug-likeness (QED) is 0.915. The number of benzene rings is 1. The van der Waals surface area contributed by atoms with Crippen LogP contribution in [0.3, 0.4) is 0 Å². The van der Waals surface area contributed by atoms with Gasteiger partial charge in [0.05, 0.1) is 0 Å². The molecule has 1 saturated heterocycles. The number of amides is 1. The number of hydrogen-bond donors (Lipinski definition) is 1. The Morgan fingerprint density at radius 2 is 2.10 bits per heavy atom. The van der Waals surface area contributed by atoms with E-state index in [-0.39, 0.29) is 6.04 Å². The number of hydrogen-bond acceptors (Lipinski definition) is 2. The van der Waals surface area contributed by atoms with E-state index in [4.69, 9.17) is 0 Å². The van der Waals surface area contributed by atoms with Gasteiger partial charge in [-0.15, -0.1) is 0 Å². The zero-order chi connectivity index (χ0) is 14.5. The molecule has 0 radical (unpaired) electrons. The highest BCUT2D eigenvalue weighted by Crippen LogP contribution is 2.22. The van der Waals surface area contributed by atoms with Crippen LogP contribution in [-0.4, -0.2) is 30.9 Å². The molecule has 2 unspecified atom stereocenters. The predicted octanol–water partition coefficient (Wildman–Crippen LogP) is 2.90. The number of nitrogens with one attached hydrogen (secondary N) is 1. The van der Waals surface area contributed by atoms with Gasteiger partial charge in [-0.25, -0.2) is 0 Å². The number of likely N-dealkylation sites (tertiary alicyclic amines) is 1. The van der Waals surface area contributed by atoms with E-state index >= 15 is 0 Å². The fraction of sp³-hybridized carbons (Fsp3) is 0.588. The molecular formula is C17H26N2O. The molecule has 1 fully saturated rings. The molecule has 0 aromatic heterocycles. The third-order valence-corrected chi connectivity index (χ3v) is 4.41. The number of carbonyl (C=O) groups excluding carboxylic acids is 1. The molecule has 3 heteroatoms. The van der Waals surface area contributed by atoms with Crippen LogP contribution in [0.2, 0.25) is 0 Å². The van der Waals surface area contributed by atoms with Crippen LogP contribution in [0, 0.1) is 12.8 Å². The Balaban J connectivity index is 2.09. The molecule has 0 saturated carbocycles. The van der Waals surface area contributed by atoms with Gasteiger partial charge in [0, 0.05) is 25.6 Å². The van der Waals surface area contributed by atoms with Gasteiger partial charge in [-0.3, -0.25) is 4.79 Å². The summed E-state index contributed by atoms with van der Waals surface area (Å²) < 4.78 is 0. The first-order valence-electron chi connectivity index (χ1n) is 7.62. The highest BCUT2D eigenvalue weighted by atomic mass is 16.2. The third-order valence-electron chi connectivity index (χ3n) is 4.41. The Kier molecular flexibility index (Phi) is 5.18. The maximum Gasteiger partial charge on any atom is 0.222 e. The summed E-state index contributed by atoms with van der Waals surface area (Å²) in [7, 11) is 1.97. The van der Waals surface area contributed by atoms with E-state index in [1.54, 1.807) is 0 Å². The normalized spacial score (nSPS) is 21.6. The van der Waals surface area contributed by atoms with Crippen molar-refractivity contribution in [1.29, 1.82) is 0 Å². The minimum absolute atomic E-state index is 0.216. The molecule has 1 heterocycles. The van der Waals surface area contributed by atoms with E-state index in [0.717, 1.165) is 25.9 Å². The Labute approximate surface area is 122 Å². The van der Waals surface area contributed by atoms with Crippen LogP contribution < -0.4 is 5.32 Å². The molecule has 2 rings (SSSR count). The molecule has 1 amide bonds. The third kappa shape index (κ3) is 3.60. The molecule has 1 aliphatic heterocycles. The van der Waals surface area contributed by atoms with Gasteiger partial charge in [0.25, 0.3) is 0 Å². The van der Waals surface area contributed by atoms with Crippen LogP contribution in [0.4, 0.5) is 0 Å². The maximum absolute atomic E-state index is 12.2. The first kappa shape index (κ1) is 15.0. The van der Waals surface area contributed by atoms with E-state index in [9.17, 15) is 4.79 Å². The van der Waals surface area contributed by atoms with Crippen molar-refractivity contribution in [3.05, 3.63) is 35.4 Å². The second-order valence-electron chi connectivity index (χ2n) is 5.97. The minimum Gasteiger partial charge on any atom is -0.341 e. The zero-order valence-electron chi connectivity index (χ0n) is 12.9. The number of aryl methyl sites for hydroxylation is 1. The summed E-state index contributed by atoms with van der Waals surface area (Å²) in [5.74, 6) is 0.971. The van der Waals surface area contributed by atoms with Crippen molar-refractivity contribution < 1.29 is 4.79 Å². The van der Waals surface area contributed by atoms with E-state index in [2.05, 4.69) is 43.4 Å². The molecule has 1 aromatic carbocycles. The first-order valence-corrected chi connectivity index (χ1v) is 7.62. The van der Waals surface area contributed by atoms with Crippen LogP contribution in [0.5, 0.6) is 0 Å². The van der Waals surface area contributed by atoms with Crippen LogP contribution in [0.1, 0.15) is 43.4 Å². The lowest BCUT2D eigenvalue weighted by atomic mass is 10.0. The molecule has 3 nitrogen and oxygen atoms in total. The number of carbonyl (C=O) groups is 1. The summed E-state index contributed by atoms with van der Waals surface area (Å²) in [4.78, 5) is 14.3. The topological polar surface area (TPSA) is 32.3 Å². The van der Waals surface area contributed by atoms with Crippen molar-refractivity contribution in [2.45, 2.75) is 39.2 Å². The van der Waals surface area contributed by atoms with Crippen molar-refractivity contribution in [3.8, 4) is 0 Å². The van der Waals surface area contributed by atoms with Gasteiger partial charge in [0.2, 0.25) is 5.91 Å². The monoisotopic (exact) mass is 274 g/mol. The van der Waals surface area contributed by atoms with Crippen molar-refractivity contribution in [1.82, 2.24) is 10.2 Å². The lowest BCUT2D eigenvalue weighted by molar-refractivity contribution is -0.131. The largest absolute Gasteiger partial charge is 0.341 e. The first-order chi connectivity index (χ1) is 9.61. The van der Waals surface area contributed by atoms with E-state index in [1.165, 1.54) is 11.1 Å². The molecule has 20 heavy (non-hydrogen) atoms. The SMILES string of the molecule is CNC(CN1CCC(C)CCC1=O)c1ccccc1C. The van der Waals surface area contributed by atoms with E-state index < -0.39 is 0 Å². The average molecular weight is 274 g/mol. The lowest BCUT2D eigenvalue weighted by Gasteiger charge is -2.27. The van der Waals surface area contributed by atoms with Gasteiger partial charge >= 0.3 is 0 Å². The average Bonchev–Trinajstić information content (AvgIpc) is 2.60. The maximum atomic E-state index is 12.2. The summed E-state index contributed by atoms with van der Waals surface area (Å²) >= 11 is 0. The molecule has 1 aliphatic rings. The fourth-order valence-corrected chi connectivity index (χ4v) is 2.91. The molecule has 0 aliphatic carbocycles. The van der Waals surface area contributed by atoms with Crippen LogP contribution >= 0.6 is 0 Å². The Morgan fingerprint density at radius 3 is 2.80 bits per heavy atom. The Bertz CT molecular complexity index is 458. The molecular weight excluding hydrogens is 248 g/mol. The zero-order valence-corrected chi connectivity index (χ0v) is 12.9. The summed E-state index contributed by atoms with van der Waals surface area (Å²) in [5.41, 5.74) is 2.57. The highest BCUT2D eigenvalue weighted by molar-refractivity contribution is 5.76. The second-order valence-corrected chi connectivity index (χ2v) is 5.97. The van der Waals surface area contributed by atoms with E-state index in [1.807, 2.05) is 11.9 Å². The van der Waals surface area contributed by atoms with Crippen molar-refractivity contribution in [2.24, 2.45) is 5.92 Å². The van der Waals surface area contributed by atoms with Crippen molar-refractivity contribution in [2.75, 3.05) is 20.1 Å². The molecule has 2 atom stereocenters. The molecule has 1 N–H and O–H groups in total. The lowest BCUT2D eigenvalue weighted by Crippen LogP contribution is -2.38. The van der Waals surface area contributed by atoms with Gasteiger partial charge in [-0.05, 0) is 43.9 Å². The molecule has 0 bridgehead atoms. The van der Waals surface area contributed by atoms with Gasteiger partial charge < -0.3 is 10.2 Å². The number of likely N-dealkylation sites (N-methyl/N-ethyl adjacent to an activating group) is 1. The predicted molar refractivity (Wildman–Crippen MR) is 82.6 cm³/mol. The second kappa shape index (κ2) is 6.89. The Morgan fingerprint density at radius 1 is 1.35 bits per heavy atom.